The molecule has 0 bridgehead atoms. The van der Waals surface area contributed by atoms with E-state index < -0.39 is 29.1 Å². The molecule has 2 aromatic heterocycles. The van der Waals surface area contributed by atoms with Gasteiger partial charge in [-0.1, -0.05) is 17.7 Å². The lowest BCUT2D eigenvalue weighted by molar-refractivity contribution is -0.137. The Hall–Kier alpha value is -4.30. The Morgan fingerprint density at radius 3 is 2.87 bits per heavy atom. The highest BCUT2D eigenvalue weighted by molar-refractivity contribution is 6.37. The number of aryl methyl sites for hydroxylation is 1. The van der Waals surface area contributed by atoms with Gasteiger partial charge in [0.25, 0.3) is 0 Å². The summed E-state index contributed by atoms with van der Waals surface area (Å²) in [5.74, 6) is 0.834. The van der Waals surface area contributed by atoms with Gasteiger partial charge < -0.3 is 31.2 Å². The van der Waals surface area contributed by atoms with Gasteiger partial charge in [0.15, 0.2) is 0 Å². The molecule has 242 valence electrons. The molecule has 6 heterocycles. The number of hydrogen-bond acceptors (Lipinski definition) is 10. The minimum Gasteiger partial charge on any atom is -0.462 e. The molecule has 0 aliphatic carbocycles. The Morgan fingerprint density at radius 2 is 2.09 bits per heavy atom. The lowest BCUT2D eigenvalue weighted by atomic mass is 9.95. The Labute approximate surface area is 267 Å². The number of nitrogens with zero attached hydrogens (tertiary/aromatic N) is 5. The normalized spacial score (nSPS) is 22.3. The van der Waals surface area contributed by atoms with Crippen molar-refractivity contribution in [3.05, 3.63) is 69.9 Å². The average molecular weight is 659 g/mol. The van der Waals surface area contributed by atoms with Gasteiger partial charge in [-0.15, -0.1) is 0 Å². The number of aromatic nitrogens is 2. The van der Waals surface area contributed by atoms with Crippen molar-refractivity contribution in [2.45, 2.75) is 50.6 Å². The summed E-state index contributed by atoms with van der Waals surface area (Å²) in [7, 11) is 0. The van der Waals surface area contributed by atoms with Crippen molar-refractivity contribution in [1.82, 2.24) is 19.8 Å². The largest absolute Gasteiger partial charge is 0.462 e. The van der Waals surface area contributed by atoms with Gasteiger partial charge in [0, 0.05) is 30.3 Å². The van der Waals surface area contributed by atoms with E-state index in [2.05, 4.69) is 25.2 Å². The first kappa shape index (κ1) is 30.4. The average Bonchev–Trinajstić information content (AvgIpc) is 3.46. The molecule has 46 heavy (non-hydrogen) atoms. The Kier molecular flexibility index (Phi) is 7.39. The van der Waals surface area contributed by atoms with E-state index in [0.717, 1.165) is 19.4 Å². The van der Waals surface area contributed by atoms with Crippen LogP contribution in [0.2, 0.25) is 5.02 Å². The van der Waals surface area contributed by atoms with Crippen LogP contribution in [0.3, 0.4) is 0 Å². The number of fused-ring (bicyclic) bond motifs is 1. The number of nitrogen functional groups attached to an aromatic ring is 2. The molecule has 4 aliphatic rings. The number of nitrogens with one attached hydrogen (secondary N) is 1. The zero-order chi connectivity index (χ0) is 32.4. The van der Waals surface area contributed by atoms with Crippen molar-refractivity contribution in [1.29, 1.82) is 0 Å². The van der Waals surface area contributed by atoms with Crippen LogP contribution in [0.4, 0.5) is 34.9 Å². The maximum Gasteiger partial charge on any atom is 0.418 e. The van der Waals surface area contributed by atoms with Gasteiger partial charge in [-0.3, -0.25) is 4.90 Å². The van der Waals surface area contributed by atoms with E-state index in [1.807, 2.05) is 6.07 Å². The number of amidine groups is 1. The molecule has 0 unspecified atom stereocenters. The number of ether oxygens (including phenoxy) is 2. The maximum atomic E-state index is 14.5. The Bertz CT molecular complexity index is 1780. The summed E-state index contributed by atoms with van der Waals surface area (Å²) < 4.78 is 70.3. The quantitative estimate of drug-likeness (QED) is 0.286. The summed E-state index contributed by atoms with van der Waals surface area (Å²) in [6, 6.07) is 6.14. The summed E-state index contributed by atoms with van der Waals surface area (Å²) in [6.45, 7) is 2.88. The molecule has 0 radical (unpaired) electrons. The molecule has 5 N–H and O–H groups in total. The zero-order valence-corrected chi connectivity index (χ0v) is 25.6. The third-order valence-corrected chi connectivity index (χ3v) is 9.36. The van der Waals surface area contributed by atoms with Gasteiger partial charge >= 0.3 is 12.1 Å². The molecule has 2 fully saturated rings. The Morgan fingerprint density at radius 1 is 1.26 bits per heavy atom. The first-order valence-corrected chi connectivity index (χ1v) is 15.2. The molecule has 7 rings (SSSR count). The minimum absolute atomic E-state index is 0.0108. The third-order valence-electron chi connectivity index (χ3n) is 8.97. The Balaban J connectivity index is 1.36. The van der Waals surface area contributed by atoms with Crippen LogP contribution in [0, 0.1) is 6.92 Å². The molecule has 0 amide bonds. The lowest BCUT2D eigenvalue weighted by Gasteiger charge is -2.31. The van der Waals surface area contributed by atoms with E-state index >= 15 is 0 Å². The van der Waals surface area contributed by atoms with Gasteiger partial charge in [-0.05, 0) is 50.1 Å². The van der Waals surface area contributed by atoms with Crippen molar-refractivity contribution in [2.24, 2.45) is 4.99 Å². The molecular formula is C31H31ClF4N8O2. The van der Waals surface area contributed by atoms with E-state index in [4.69, 9.17) is 32.5 Å². The number of aliphatic imine (C=N–C) groups is 1. The topological polar surface area (TPSA) is 127 Å². The van der Waals surface area contributed by atoms with Gasteiger partial charge in [-0.2, -0.15) is 13.2 Å². The SMILES string of the molecule is Cc1cc(N)nc(-c2cc3c4c(c2Cl)NCN=C4N(Cc2cccnc2N)C=C(OC[C@@]24CCCN2C[C@H](F)C4)O3)c1C(F)(F)F. The van der Waals surface area contributed by atoms with Crippen LogP contribution < -0.4 is 21.5 Å². The van der Waals surface area contributed by atoms with Crippen LogP contribution in [-0.4, -0.2) is 63.7 Å². The van der Waals surface area contributed by atoms with Gasteiger partial charge in [0.1, 0.15) is 42.7 Å². The zero-order valence-electron chi connectivity index (χ0n) is 24.8. The molecule has 4 aliphatic heterocycles. The van der Waals surface area contributed by atoms with Crippen molar-refractivity contribution in [3.63, 3.8) is 0 Å². The molecule has 0 saturated carbocycles. The number of alkyl halides is 4. The molecule has 2 saturated heterocycles. The maximum absolute atomic E-state index is 14.5. The standard InChI is InChI=1S/C31H31ClF4N8O2/c1-16-8-21(37)42-26(24(16)31(34,35)36)19-9-20-23-27(25(19)32)40-15-41-29(23)43(11-17-4-2-6-39-28(17)38)13-22(46-20)45-14-30-5-3-7-44(30)12-18(33)10-30/h2,4,6,8-9,13,18,40H,3,5,7,10-12,14-15H2,1H3,(H2,37,42)(H2,38,39)/t18-,30+/m1/s1. The summed E-state index contributed by atoms with van der Waals surface area (Å²) in [5, 5.41) is 3.09. The number of anilines is 3. The monoisotopic (exact) mass is 658 g/mol. The molecule has 1 aromatic carbocycles. The third kappa shape index (κ3) is 5.22. The predicted molar refractivity (Wildman–Crippen MR) is 166 cm³/mol. The first-order chi connectivity index (χ1) is 21.9. The van der Waals surface area contributed by atoms with E-state index in [-0.39, 0.29) is 53.5 Å². The molecule has 0 spiro atoms. The second kappa shape index (κ2) is 11.2. The minimum atomic E-state index is -4.75. The van der Waals surface area contributed by atoms with E-state index in [0.29, 0.717) is 41.4 Å². The van der Waals surface area contributed by atoms with Gasteiger partial charge in [0.2, 0.25) is 0 Å². The van der Waals surface area contributed by atoms with Crippen LogP contribution >= 0.6 is 11.6 Å². The summed E-state index contributed by atoms with van der Waals surface area (Å²) in [4.78, 5) is 16.9. The highest BCUT2D eigenvalue weighted by atomic mass is 35.5. The number of hydrogen-bond donors (Lipinski definition) is 3. The number of rotatable bonds is 6. The summed E-state index contributed by atoms with van der Waals surface area (Å²) in [5.41, 5.74) is 11.5. The molecule has 2 atom stereocenters. The van der Waals surface area contributed by atoms with Crippen molar-refractivity contribution >= 4 is 34.8 Å². The predicted octanol–water partition coefficient (Wildman–Crippen LogP) is 5.70. The fourth-order valence-electron chi connectivity index (χ4n) is 6.97. The van der Waals surface area contributed by atoms with Crippen molar-refractivity contribution < 1.29 is 27.0 Å². The fraction of sp³-hybridized carbons (Fsp3) is 0.387. The summed E-state index contributed by atoms with van der Waals surface area (Å²) in [6.07, 6.45) is -0.461. The molecule has 15 heteroatoms. The van der Waals surface area contributed by atoms with Gasteiger partial charge in [-0.25, -0.2) is 19.4 Å². The van der Waals surface area contributed by atoms with E-state index in [1.54, 1.807) is 23.4 Å². The number of pyridine rings is 2. The highest BCUT2D eigenvalue weighted by Crippen LogP contribution is 2.49. The van der Waals surface area contributed by atoms with Crippen LogP contribution in [0.1, 0.15) is 41.5 Å². The van der Waals surface area contributed by atoms with Gasteiger partial charge in [0.05, 0.1) is 45.8 Å². The van der Waals surface area contributed by atoms with Crippen LogP contribution in [0.5, 0.6) is 5.75 Å². The van der Waals surface area contributed by atoms with Crippen LogP contribution in [0.25, 0.3) is 11.3 Å². The van der Waals surface area contributed by atoms with Crippen molar-refractivity contribution in [2.75, 3.05) is 43.1 Å². The molecular weight excluding hydrogens is 628 g/mol. The van der Waals surface area contributed by atoms with Crippen molar-refractivity contribution in [3.8, 4) is 17.0 Å². The number of halogens is 5. The fourth-order valence-corrected chi connectivity index (χ4v) is 7.27. The lowest BCUT2D eigenvalue weighted by Crippen LogP contribution is -2.42. The number of benzene rings is 1. The first-order valence-electron chi connectivity index (χ1n) is 14.8. The number of nitrogens with two attached hydrogens (primary N) is 2. The molecule has 10 nitrogen and oxygen atoms in total. The van der Waals surface area contributed by atoms with Crippen LogP contribution in [0.15, 0.2) is 47.6 Å². The van der Waals surface area contributed by atoms with Crippen LogP contribution in [-0.2, 0) is 17.5 Å². The second-order valence-corrected chi connectivity index (χ2v) is 12.4. The smallest absolute Gasteiger partial charge is 0.418 e. The highest BCUT2D eigenvalue weighted by Gasteiger charge is 2.49. The van der Waals surface area contributed by atoms with E-state index in [1.165, 1.54) is 19.1 Å². The summed E-state index contributed by atoms with van der Waals surface area (Å²) >= 11 is 6.89. The molecule has 3 aromatic rings. The van der Waals surface area contributed by atoms with E-state index in [9.17, 15) is 17.6 Å². The second-order valence-electron chi connectivity index (χ2n) is 12.0.